The lowest BCUT2D eigenvalue weighted by molar-refractivity contribution is -0.0290. The van der Waals surface area contributed by atoms with E-state index >= 15 is 0 Å². The Kier molecular flexibility index (Phi) is 3.41. The summed E-state index contributed by atoms with van der Waals surface area (Å²) in [5.41, 5.74) is 0. The topological polar surface area (TPSA) is 48.1 Å². The van der Waals surface area contributed by atoms with E-state index in [4.69, 9.17) is 4.74 Å². The first-order valence-electron chi connectivity index (χ1n) is 6.80. The van der Waals surface area contributed by atoms with E-state index < -0.39 is 0 Å². The number of carbonyl (C=O) groups excluding carboxylic acids is 1. The summed E-state index contributed by atoms with van der Waals surface area (Å²) in [5.74, 6) is 0. The first kappa shape index (κ1) is 12.2. The second kappa shape index (κ2) is 5.03. The molecule has 3 heterocycles. The number of piperazine rings is 1. The second-order valence-corrected chi connectivity index (χ2v) is 5.49. The van der Waals surface area contributed by atoms with Crippen LogP contribution in [-0.4, -0.2) is 92.3 Å². The zero-order valence-electron chi connectivity index (χ0n) is 11.0. The Balaban J connectivity index is 1.58. The number of ether oxygens (including phenoxy) is 1. The molecule has 0 aliphatic carbocycles. The molecular formula is C12H22N4O2. The first-order chi connectivity index (χ1) is 8.74. The van der Waals surface area contributed by atoms with Gasteiger partial charge in [0.15, 0.2) is 0 Å². The van der Waals surface area contributed by atoms with Crippen LogP contribution < -0.4 is 5.32 Å². The van der Waals surface area contributed by atoms with Crippen molar-refractivity contribution in [2.45, 2.75) is 12.1 Å². The molecule has 6 heteroatoms. The summed E-state index contributed by atoms with van der Waals surface area (Å²) in [4.78, 5) is 18.5. The van der Waals surface area contributed by atoms with Gasteiger partial charge < -0.3 is 24.8 Å². The zero-order valence-corrected chi connectivity index (χ0v) is 11.0. The van der Waals surface area contributed by atoms with Gasteiger partial charge in [0.1, 0.15) is 0 Å². The van der Waals surface area contributed by atoms with Gasteiger partial charge in [0.2, 0.25) is 0 Å². The fourth-order valence-corrected chi connectivity index (χ4v) is 3.07. The Labute approximate surface area is 108 Å². The van der Waals surface area contributed by atoms with Crippen LogP contribution >= 0.6 is 0 Å². The Morgan fingerprint density at radius 3 is 3.06 bits per heavy atom. The van der Waals surface area contributed by atoms with E-state index in [1.54, 1.807) is 0 Å². The van der Waals surface area contributed by atoms with Crippen LogP contribution in [0.5, 0.6) is 0 Å². The monoisotopic (exact) mass is 254 g/mol. The van der Waals surface area contributed by atoms with Crippen molar-refractivity contribution in [3.63, 3.8) is 0 Å². The molecule has 3 fully saturated rings. The van der Waals surface area contributed by atoms with Gasteiger partial charge >= 0.3 is 6.03 Å². The number of likely N-dealkylation sites (N-methyl/N-ethyl adjacent to an activating group) is 1. The molecule has 2 amide bonds. The molecule has 3 saturated heterocycles. The highest BCUT2D eigenvalue weighted by Gasteiger charge is 2.39. The lowest BCUT2D eigenvalue weighted by atomic mass is 10.2. The van der Waals surface area contributed by atoms with Crippen LogP contribution in [-0.2, 0) is 4.74 Å². The maximum absolute atomic E-state index is 12.2. The molecule has 3 rings (SSSR count). The van der Waals surface area contributed by atoms with Gasteiger partial charge in [0.05, 0.1) is 18.8 Å². The van der Waals surface area contributed by atoms with Crippen LogP contribution in [0.1, 0.15) is 0 Å². The van der Waals surface area contributed by atoms with Crippen LogP contribution in [0, 0.1) is 0 Å². The zero-order chi connectivity index (χ0) is 12.5. The fourth-order valence-electron chi connectivity index (χ4n) is 3.07. The van der Waals surface area contributed by atoms with Crippen LogP contribution in [0.3, 0.4) is 0 Å². The van der Waals surface area contributed by atoms with Gasteiger partial charge in [0.25, 0.3) is 0 Å². The number of hydrogen-bond donors (Lipinski definition) is 1. The summed E-state index contributed by atoms with van der Waals surface area (Å²) in [5, 5.41) is 3.35. The number of carbonyl (C=O) groups is 1. The molecule has 3 aliphatic heterocycles. The van der Waals surface area contributed by atoms with Crippen molar-refractivity contribution < 1.29 is 9.53 Å². The van der Waals surface area contributed by atoms with E-state index in [0.717, 1.165) is 52.4 Å². The molecule has 102 valence electrons. The van der Waals surface area contributed by atoms with Crippen molar-refractivity contribution in [3.05, 3.63) is 0 Å². The van der Waals surface area contributed by atoms with E-state index in [1.807, 2.05) is 9.80 Å². The molecule has 0 spiro atoms. The number of nitrogens with zero attached hydrogens (tertiary/aromatic N) is 3. The molecule has 18 heavy (non-hydrogen) atoms. The number of morpholine rings is 1. The third-order valence-corrected chi connectivity index (χ3v) is 4.06. The van der Waals surface area contributed by atoms with Crippen molar-refractivity contribution in [3.8, 4) is 0 Å². The number of rotatable bonds is 2. The van der Waals surface area contributed by atoms with Crippen molar-refractivity contribution >= 4 is 6.03 Å². The number of urea groups is 1. The SMILES string of the molecule is CN1CCOC(CN2CC3CNCCN3C2=O)C1. The summed E-state index contributed by atoms with van der Waals surface area (Å²) in [6.45, 7) is 6.94. The van der Waals surface area contributed by atoms with Gasteiger partial charge in [-0.05, 0) is 7.05 Å². The minimum absolute atomic E-state index is 0.169. The average molecular weight is 254 g/mol. The average Bonchev–Trinajstić information content (AvgIpc) is 2.67. The minimum Gasteiger partial charge on any atom is -0.374 e. The molecule has 3 aliphatic rings. The number of nitrogens with one attached hydrogen (secondary N) is 1. The van der Waals surface area contributed by atoms with Gasteiger partial charge in [-0.2, -0.15) is 0 Å². The molecule has 0 aromatic heterocycles. The van der Waals surface area contributed by atoms with Crippen LogP contribution in [0.4, 0.5) is 4.79 Å². The van der Waals surface area contributed by atoms with Crippen molar-refractivity contribution in [1.29, 1.82) is 0 Å². The highest BCUT2D eigenvalue weighted by Crippen LogP contribution is 2.18. The van der Waals surface area contributed by atoms with E-state index in [0.29, 0.717) is 6.04 Å². The van der Waals surface area contributed by atoms with Gasteiger partial charge in [-0.1, -0.05) is 0 Å². The molecule has 0 saturated carbocycles. The van der Waals surface area contributed by atoms with Crippen molar-refractivity contribution in [2.24, 2.45) is 0 Å². The summed E-state index contributed by atoms with van der Waals surface area (Å²) < 4.78 is 5.74. The Hall–Kier alpha value is -0.850. The molecule has 2 atom stereocenters. The molecule has 6 nitrogen and oxygen atoms in total. The van der Waals surface area contributed by atoms with Crippen LogP contribution in [0.15, 0.2) is 0 Å². The highest BCUT2D eigenvalue weighted by molar-refractivity contribution is 5.77. The second-order valence-electron chi connectivity index (χ2n) is 5.49. The smallest absolute Gasteiger partial charge is 0.320 e. The molecule has 2 unspecified atom stereocenters. The van der Waals surface area contributed by atoms with Crippen molar-refractivity contribution in [2.75, 3.05) is 59.5 Å². The Bertz CT molecular complexity index is 325. The molecular weight excluding hydrogens is 232 g/mol. The molecule has 0 bridgehead atoms. The maximum Gasteiger partial charge on any atom is 0.320 e. The van der Waals surface area contributed by atoms with E-state index in [2.05, 4.69) is 17.3 Å². The lowest BCUT2D eigenvalue weighted by Crippen LogP contribution is -2.50. The Morgan fingerprint density at radius 2 is 2.28 bits per heavy atom. The largest absolute Gasteiger partial charge is 0.374 e. The third-order valence-electron chi connectivity index (χ3n) is 4.06. The summed E-state index contributed by atoms with van der Waals surface area (Å²) in [7, 11) is 2.11. The predicted octanol–water partition coefficient (Wildman–Crippen LogP) is -0.974. The van der Waals surface area contributed by atoms with Crippen LogP contribution in [0.25, 0.3) is 0 Å². The van der Waals surface area contributed by atoms with Gasteiger partial charge in [-0.25, -0.2) is 4.79 Å². The molecule has 1 N–H and O–H groups in total. The van der Waals surface area contributed by atoms with E-state index in [1.165, 1.54) is 0 Å². The minimum atomic E-state index is 0.169. The lowest BCUT2D eigenvalue weighted by Gasteiger charge is -2.32. The normalized spacial score (nSPS) is 33.9. The van der Waals surface area contributed by atoms with E-state index in [9.17, 15) is 4.79 Å². The molecule has 0 aromatic rings. The standard InChI is InChI=1S/C12H22N4O2/c1-14-4-5-18-11(8-14)9-15-7-10-6-13-2-3-16(10)12(15)17/h10-11,13H,2-9H2,1H3. The number of hydrogen-bond acceptors (Lipinski definition) is 4. The molecule has 0 radical (unpaired) electrons. The summed E-state index contributed by atoms with van der Waals surface area (Å²) >= 11 is 0. The van der Waals surface area contributed by atoms with Gasteiger partial charge in [-0.3, -0.25) is 0 Å². The van der Waals surface area contributed by atoms with Gasteiger partial charge in [0, 0.05) is 45.8 Å². The summed E-state index contributed by atoms with van der Waals surface area (Å²) in [6.07, 6.45) is 0.169. The van der Waals surface area contributed by atoms with Gasteiger partial charge in [-0.15, -0.1) is 0 Å². The third kappa shape index (κ3) is 2.32. The molecule has 0 aromatic carbocycles. The Morgan fingerprint density at radius 1 is 1.39 bits per heavy atom. The highest BCUT2D eigenvalue weighted by atomic mass is 16.5. The van der Waals surface area contributed by atoms with Crippen LogP contribution in [0.2, 0.25) is 0 Å². The number of amides is 2. The van der Waals surface area contributed by atoms with E-state index in [-0.39, 0.29) is 12.1 Å². The van der Waals surface area contributed by atoms with Crippen molar-refractivity contribution in [1.82, 2.24) is 20.0 Å². The first-order valence-corrected chi connectivity index (χ1v) is 6.80. The predicted molar refractivity (Wildman–Crippen MR) is 67.6 cm³/mol. The quantitative estimate of drug-likeness (QED) is 0.688. The summed E-state index contributed by atoms with van der Waals surface area (Å²) in [6, 6.07) is 0.547. The number of fused-ring (bicyclic) bond motifs is 1. The maximum atomic E-state index is 12.2. The fraction of sp³-hybridized carbons (Fsp3) is 0.917.